The van der Waals surface area contributed by atoms with Crippen molar-refractivity contribution >= 4 is 25.7 Å². The Kier molecular flexibility index (Phi) is 6.16. The number of amides is 2. The molecular weight excluding hydrogens is 430 g/mol. The number of aliphatic imine (C=N–C) groups is 1. The van der Waals surface area contributed by atoms with E-state index >= 15 is 0 Å². The smallest absolute Gasteiger partial charge is 0.257 e. The lowest BCUT2D eigenvalue weighted by molar-refractivity contribution is -0.147. The summed E-state index contributed by atoms with van der Waals surface area (Å²) in [5.74, 6) is 0.737. The molecule has 0 spiro atoms. The highest BCUT2D eigenvalue weighted by Crippen LogP contribution is 2.55. The molecule has 2 heterocycles. The van der Waals surface area contributed by atoms with Crippen molar-refractivity contribution in [2.24, 2.45) is 4.99 Å². The van der Waals surface area contributed by atoms with Crippen molar-refractivity contribution in [3.63, 3.8) is 0 Å². The summed E-state index contributed by atoms with van der Waals surface area (Å²) >= 11 is 0. The third-order valence-corrected chi connectivity index (χ3v) is 11.6. The highest BCUT2D eigenvalue weighted by molar-refractivity contribution is 6.82. The number of nitrogens with zero attached hydrogens (tertiary/aromatic N) is 2. The van der Waals surface area contributed by atoms with Gasteiger partial charge in [0.05, 0.1) is 26.7 Å². The summed E-state index contributed by atoms with van der Waals surface area (Å²) in [7, 11) is -1.68. The monoisotopic (exact) mass is 467 g/mol. The van der Waals surface area contributed by atoms with Crippen molar-refractivity contribution in [1.29, 1.82) is 0 Å². The van der Waals surface area contributed by atoms with Crippen LogP contribution in [0.25, 0.3) is 0 Å². The average molecular weight is 468 g/mol. The number of benzene rings is 1. The molecule has 7 heteroatoms. The van der Waals surface area contributed by atoms with Crippen LogP contribution in [0.2, 0.25) is 24.7 Å². The first-order chi connectivity index (χ1) is 15.5. The van der Waals surface area contributed by atoms with Gasteiger partial charge in [-0.25, -0.2) is 0 Å². The fraction of sp³-hybridized carbons (Fsp3) is 0.577. The summed E-state index contributed by atoms with van der Waals surface area (Å²) in [6.45, 7) is 14.3. The summed E-state index contributed by atoms with van der Waals surface area (Å²) in [6, 6.07) is 9.66. The van der Waals surface area contributed by atoms with Crippen molar-refractivity contribution in [3.05, 3.63) is 47.0 Å². The van der Waals surface area contributed by atoms with Gasteiger partial charge in [-0.05, 0) is 44.7 Å². The summed E-state index contributed by atoms with van der Waals surface area (Å²) in [5.41, 5.74) is 2.48. The second-order valence-electron chi connectivity index (χ2n) is 11.0. The molecule has 1 aromatic rings. The van der Waals surface area contributed by atoms with Crippen LogP contribution in [0, 0.1) is 0 Å². The number of hydrogen-bond donors (Lipinski definition) is 1. The molecule has 1 N–H and O–H groups in total. The first-order valence-electron chi connectivity index (χ1n) is 12.1. The summed E-state index contributed by atoms with van der Waals surface area (Å²) < 4.78 is 5.91. The van der Waals surface area contributed by atoms with Gasteiger partial charge in [0.15, 0.2) is 6.10 Å². The summed E-state index contributed by atoms with van der Waals surface area (Å²) in [6.07, 6.45) is 2.41. The van der Waals surface area contributed by atoms with Crippen LogP contribution < -0.4 is 5.32 Å². The van der Waals surface area contributed by atoms with Gasteiger partial charge < -0.3 is 15.0 Å². The van der Waals surface area contributed by atoms with E-state index in [1.165, 1.54) is 0 Å². The maximum atomic E-state index is 13.7. The third kappa shape index (κ3) is 3.89. The molecule has 2 amide bonds. The van der Waals surface area contributed by atoms with E-state index in [4.69, 9.17) is 9.73 Å². The van der Waals surface area contributed by atoms with Gasteiger partial charge in [0.1, 0.15) is 5.84 Å². The molecule has 1 atom stereocenters. The van der Waals surface area contributed by atoms with Gasteiger partial charge in [-0.15, -0.1) is 0 Å². The van der Waals surface area contributed by atoms with E-state index < -0.39 is 19.7 Å². The molecule has 2 aliphatic heterocycles. The molecule has 6 nitrogen and oxygen atoms in total. The third-order valence-electron chi connectivity index (χ3n) is 8.01. The number of rotatable bonds is 6. The molecule has 0 radical (unpaired) electrons. The van der Waals surface area contributed by atoms with Gasteiger partial charge in [0.25, 0.3) is 5.91 Å². The predicted octanol–water partition coefficient (Wildman–Crippen LogP) is 4.47. The molecule has 0 unspecified atom stereocenters. The van der Waals surface area contributed by atoms with Gasteiger partial charge in [0, 0.05) is 17.2 Å². The zero-order chi connectivity index (χ0) is 24.0. The summed E-state index contributed by atoms with van der Waals surface area (Å²) in [5, 5.41) is 2.99. The van der Waals surface area contributed by atoms with Crippen LogP contribution in [0.4, 0.5) is 0 Å². The van der Waals surface area contributed by atoms with E-state index in [-0.39, 0.29) is 16.9 Å². The Balaban J connectivity index is 1.55. The van der Waals surface area contributed by atoms with E-state index in [1.54, 1.807) is 0 Å². The fourth-order valence-electron chi connectivity index (χ4n) is 5.53. The number of nitrogens with one attached hydrogen (secondary N) is 1. The maximum absolute atomic E-state index is 13.7. The minimum Gasteiger partial charge on any atom is -0.364 e. The average Bonchev–Trinajstić information content (AvgIpc) is 3.22. The van der Waals surface area contributed by atoms with E-state index in [0.29, 0.717) is 25.5 Å². The van der Waals surface area contributed by atoms with Gasteiger partial charge in [-0.1, -0.05) is 56.4 Å². The fourth-order valence-corrected chi connectivity index (χ4v) is 8.13. The van der Waals surface area contributed by atoms with Gasteiger partial charge in [0.2, 0.25) is 5.91 Å². The zero-order valence-electron chi connectivity index (χ0n) is 20.8. The topological polar surface area (TPSA) is 71.0 Å². The van der Waals surface area contributed by atoms with E-state index in [1.807, 2.05) is 42.2 Å². The SMILES string of the molecule is CCO[C@@H](C(=O)N1CC2=C(CN=C2NC(=O)C2([Si](C)(C)C)CCC2)C1(C)C)c1ccccc1. The van der Waals surface area contributed by atoms with Gasteiger partial charge in [-0.3, -0.25) is 14.6 Å². The van der Waals surface area contributed by atoms with Crippen LogP contribution in [0.15, 0.2) is 46.5 Å². The number of ether oxygens (including phenoxy) is 1. The van der Waals surface area contributed by atoms with Crippen molar-refractivity contribution in [3.8, 4) is 0 Å². The molecule has 33 heavy (non-hydrogen) atoms. The minimum atomic E-state index is -1.68. The molecule has 1 aromatic carbocycles. The highest BCUT2D eigenvalue weighted by Gasteiger charge is 2.54. The van der Waals surface area contributed by atoms with Crippen molar-refractivity contribution < 1.29 is 14.3 Å². The predicted molar refractivity (Wildman–Crippen MR) is 134 cm³/mol. The Hall–Kier alpha value is -2.25. The molecule has 4 rings (SSSR count). The number of carbonyl (C=O) groups is 2. The van der Waals surface area contributed by atoms with Crippen LogP contribution >= 0.6 is 0 Å². The maximum Gasteiger partial charge on any atom is 0.257 e. The molecule has 1 fully saturated rings. The number of hydrogen-bond acceptors (Lipinski definition) is 4. The lowest BCUT2D eigenvalue weighted by Crippen LogP contribution is -2.55. The molecular formula is C26H37N3O3Si. The Labute approximate surface area is 198 Å². The molecule has 1 saturated carbocycles. The molecule has 0 saturated heterocycles. The Morgan fingerprint density at radius 3 is 2.39 bits per heavy atom. The second kappa shape index (κ2) is 8.51. The van der Waals surface area contributed by atoms with E-state index in [2.05, 4.69) is 38.8 Å². The van der Waals surface area contributed by atoms with Crippen LogP contribution in [-0.2, 0) is 14.3 Å². The molecule has 178 valence electrons. The number of carbonyl (C=O) groups excluding carboxylic acids is 2. The lowest BCUT2D eigenvalue weighted by atomic mass is 9.83. The van der Waals surface area contributed by atoms with Crippen LogP contribution in [0.1, 0.15) is 51.7 Å². The molecule has 1 aliphatic carbocycles. The van der Waals surface area contributed by atoms with Crippen LogP contribution in [0.3, 0.4) is 0 Å². The Bertz CT molecular complexity index is 1000. The van der Waals surface area contributed by atoms with Crippen LogP contribution in [-0.4, -0.2) is 55.9 Å². The largest absolute Gasteiger partial charge is 0.364 e. The normalized spacial score (nSPS) is 21.9. The van der Waals surface area contributed by atoms with E-state index in [0.717, 1.165) is 36.0 Å². The highest BCUT2D eigenvalue weighted by atomic mass is 28.3. The minimum absolute atomic E-state index is 0.0503. The first-order valence-corrected chi connectivity index (χ1v) is 15.6. The summed E-state index contributed by atoms with van der Waals surface area (Å²) in [4.78, 5) is 33.7. The molecule has 3 aliphatic rings. The lowest BCUT2D eigenvalue weighted by Gasteiger charge is -2.49. The van der Waals surface area contributed by atoms with Gasteiger partial charge >= 0.3 is 0 Å². The zero-order valence-corrected chi connectivity index (χ0v) is 21.8. The van der Waals surface area contributed by atoms with Crippen molar-refractivity contribution in [2.75, 3.05) is 19.7 Å². The number of amidine groups is 1. The van der Waals surface area contributed by atoms with Crippen molar-refractivity contribution in [2.45, 2.75) is 76.4 Å². The van der Waals surface area contributed by atoms with E-state index in [9.17, 15) is 9.59 Å². The van der Waals surface area contributed by atoms with Gasteiger partial charge in [-0.2, -0.15) is 0 Å². The molecule has 0 bridgehead atoms. The van der Waals surface area contributed by atoms with Crippen LogP contribution in [0.5, 0.6) is 0 Å². The molecule has 0 aromatic heterocycles. The first kappa shape index (κ1) is 23.9. The standard InChI is InChI=1S/C26H37N3O3Si/c1-7-32-21(18-12-9-8-10-13-18)23(30)29-17-19-20(25(29,2)3)16-27-22(19)28-24(31)26(14-11-15-26)33(4,5)6/h8-10,12-13,21H,7,11,14-17H2,1-6H3,(H,27,28,31)/t21-/m1/s1. The second-order valence-corrected chi connectivity index (χ2v) is 16.4. The Morgan fingerprint density at radius 1 is 1.18 bits per heavy atom. The quantitative estimate of drug-likeness (QED) is 0.628. The van der Waals surface area contributed by atoms with Crippen molar-refractivity contribution in [1.82, 2.24) is 10.2 Å². The Morgan fingerprint density at radius 2 is 1.85 bits per heavy atom.